The Kier molecular flexibility index (Phi) is 4.21. The first-order valence-electron chi connectivity index (χ1n) is 4.43. The quantitative estimate of drug-likeness (QED) is 0.463. The standard InChI is InChI=1S/C10H15NO/c1-2-12-11-9-8-10-6-4-3-5-7-10/h4,6-7,9H,2-3,5,8H2,1H3. The van der Waals surface area contributed by atoms with Crippen molar-refractivity contribution in [1.82, 2.24) is 0 Å². The number of hydrogen-bond acceptors (Lipinski definition) is 2. The van der Waals surface area contributed by atoms with E-state index in [0.29, 0.717) is 6.61 Å². The van der Waals surface area contributed by atoms with Crippen LogP contribution in [-0.4, -0.2) is 12.8 Å². The van der Waals surface area contributed by atoms with Crippen LogP contribution in [0.15, 0.2) is 29.0 Å². The Bertz CT molecular complexity index is 204. The molecule has 0 aliphatic heterocycles. The van der Waals surface area contributed by atoms with Crippen LogP contribution < -0.4 is 0 Å². The number of hydrogen-bond donors (Lipinski definition) is 0. The van der Waals surface area contributed by atoms with Gasteiger partial charge in [0.25, 0.3) is 0 Å². The Morgan fingerprint density at radius 1 is 1.58 bits per heavy atom. The van der Waals surface area contributed by atoms with Gasteiger partial charge in [-0.3, -0.25) is 0 Å². The topological polar surface area (TPSA) is 21.6 Å². The average molecular weight is 165 g/mol. The zero-order valence-corrected chi connectivity index (χ0v) is 7.49. The SMILES string of the molecule is CCON=CCC1=CCCC=C1. The lowest BCUT2D eigenvalue weighted by atomic mass is 10.1. The van der Waals surface area contributed by atoms with Gasteiger partial charge in [0.1, 0.15) is 6.61 Å². The van der Waals surface area contributed by atoms with Gasteiger partial charge in [-0.15, -0.1) is 0 Å². The minimum atomic E-state index is 0.644. The Balaban J connectivity index is 2.22. The van der Waals surface area contributed by atoms with Crippen LogP contribution in [0.4, 0.5) is 0 Å². The molecule has 0 aromatic heterocycles. The number of allylic oxidation sites excluding steroid dienone is 4. The molecule has 1 aliphatic carbocycles. The summed E-state index contributed by atoms with van der Waals surface area (Å²) in [5, 5.41) is 3.78. The van der Waals surface area contributed by atoms with Crippen LogP contribution in [0.1, 0.15) is 26.2 Å². The molecule has 1 aliphatic rings. The minimum Gasteiger partial charge on any atom is -0.396 e. The van der Waals surface area contributed by atoms with Crippen molar-refractivity contribution >= 4 is 6.21 Å². The number of rotatable bonds is 4. The molecule has 0 atom stereocenters. The molecular weight excluding hydrogens is 150 g/mol. The van der Waals surface area contributed by atoms with Gasteiger partial charge in [0.05, 0.1) is 0 Å². The van der Waals surface area contributed by atoms with Gasteiger partial charge in [-0.25, -0.2) is 0 Å². The lowest BCUT2D eigenvalue weighted by Crippen LogP contribution is -1.87. The molecule has 12 heavy (non-hydrogen) atoms. The monoisotopic (exact) mass is 165 g/mol. The highest BCUT2D eigenvalue weighted by Gasteiger charge is 1.94. The highest BCUT2D eigenvalue weighted by molar-refractivity contribution is 5.61. The predicted molar refractivity (Wildman–Crippen MR) is 51.2 cm³/mol. The van der Waals surface area contributed by atoms with E-state index in [1.54, 1.807) is 0 Å². The maximum Gasteiger partial charge on any atom is 0.114 e. The van der Waals surface area contributed by atoms with Crippen LogP contribution in [0.25, 0.3) is 0 Å². The van der Waals surface area contributed by atoms with Crippen LogP contribution in [-0.2, 0) is 4.84 Å². The highest BCUT2D eigenvalue weighted by Crippen LogP contribution is 2.11. The van der Waals surface area contributed by atoms with Crippen molar-refractivity contribution in [2.45, 2.75) is 26.2 Å². The zero-order valence-electron chi connectivity index (χ0n) is 7.49. The van der Waals surface area contributed by atoms with Gasteiger partial charge in [0, 0.05) is 12.6 Å². The van der Waals surface area contributed by atoms with Crippen LogP contribution in [0.2, 0.25) is 0 Å². The normalized spacial score (nSPS) is 16.6. The molecule has 0 saturated heterocycles. The van der Waals surface area contributed by atoms with Crippen molar-refractivity contribution in [3.05, 3.63) is 23.8 Å². The molecular formula is C10H15NO. The molecule has 0 spiro atoms. The molecule has 0 radical (unpaired) electrons. The van der Waals surface area contributed by atoms with E-state index in [1.807, 2.05) is 13.1 Å². The van der Waals surface area contributed by atoms with E-state index in [-0.39, 0.29) is 0 Å². The Morgan fingerprint density at radius 2 is 2.50 bits per heavy atom. The lowest BCUT2D eigenvalue weighted by molar-refractivity contribution is 0.160. The van der Waals surface area contributed by atoms with E-state index in [2.05, 4.69) is 23.4 Å². The molecule has 0 N–H and O–H groups in total. The number of oxime groups is 1. The molecule has 1 rings (SSSR count). The second-order valence-corrected chi connectivity index (χ2v) is 2.67. The van der Waals surface area contributed by atoms with Crippen LogP contribution in [0.3, 0.4) is 0 Å². The fourth-order valence-electron chi connectivity index (χ4n) is 1.09. The van der Waals surface area contributed by atoms with Gasteiger partial charge in [-0.1, -0.05) is 23.4 Å². The van der Waals surface area contributed by atoms with E-state index in [4.69, 9.17) is 4.84 Å². The van der Waals surface area contributed by atoms with Gasteiger partial charge in [0.15, 0.2) is 0 Å². The first-order chi connectivity index (χ1) is 5.93. The van der Waals surface area contributed by atoms with Gasteiger partial charge < -0.3 is 4.84 Å². The van der Waals surface area contributed by atoms with Gasteiger partial charge in [0.2, 0.25) is 0 Å². The Morgan fingerprint density at radius 3 is 3.17 bits per heavy atom. The third-order valence-electron chi connectivity index (χ3n) is 1.68. The lowest BCUT2D eigenvalue weighted by Gasteiger charge is -2.02. The number of nitrogens with zero attached hydrogens (tertiary/aromatic N) is 1. The smallest absolute Gasteiger partial charge is 0.114 e. The zero-order chi connectivity index (χ0) is 8.65. The van der Waals surface area contributed by atoms with Crippen molar-refractivity contribution in [2.24, 2.45) is 5.16 Å². The molecule has 0 bridgehead atoms. The third kappa shape index (κ3) is 3.37. The van der Waals surface area contributed by atoms with Crippen molar-refractivity contribution < 1.29 is 4.84 Å². The van der Waals surface area contributed by atoms with Crippen LogP contribution >= 0.6 is 0 Å². The maximum atomic E-state index is 4.84. The maximum absolute atomic E-state index is 4.84. The molecule has 0 heterocycles. The Labute approximate surface area is 73.6 Å². The third-order valence-corrected chi connectivity index (χ3v) is 1.68. The van der Waals surface area contributed by atoms with Crippen molar-refractivity contribution in [3.8, 4) is 0 Å². The highest BCUT2D eigenvalue weighted by atomic mass is 16.6. The summed E-state index contributed by atoms with van der Waals surface area (Å²) in [6.45, 7) is 2.57. The van der Waals surface area contributed by atoms with E-state index in [9.17, 15) is 0 Å². The fourth-order valence-corrected chi connectivity index (χ4v) is 1.09. The largest absolute Gasteiger partial charge is 0.396 e. The minimum absolute atomic E-state index is 0.644. The van der Waals surface area contributed by atoms with Crippen molar-refractivity contribution in [3.63, 3.8) is 0 Å². The summed E-state index contributed by atoms with van der Waals surface area (Å²) in [6.07, 6.45) is 11.6. The van der Waals surface area contributed by atoms with Gasteiger partial charge >= 0.3 is 0 Å². The molecule has 0 amide bonds. The van der Waals surface area contributed by atoms with Crippen LogP contribution in [0.5, 0.6) is 0 Å². The van der Waals surface area contributed by atoms with Gasteiger partial charge in [-0.2, -0.15) is 0 Å². The molecule has 0 aromatic carbocycles. The summed E-state index contributed by atoms with van der Waals surface area (Å²) in [5.41, 5.74) is 1.34. The summed E-state index contributed by atoms with van der Waals surface area (Å²) in [7, 11) is 0. The Hall–Kier alpha value is -1.05. The van der Waals surface area contributed by atoms with Crippen molar-refractivity contribution in [2.75, 3.05) is 6.61 Å². The first-order valence-corrected chi connectivity index (χ1v) is 4.43. The summed E-state index contributed by atoms with van der Waals surface area (Å²) in [5.74, 6) is 0. The molecule has 0 aromatic rings. The second-order valence-electron chi connectivity index (χ2n) is 2.67. The fraction of sp³-hybridized carbons (Fsp3) is 0.500. The first kappa shape index (κ1) is 9.04. The molecule has 0 unspecified atom stereocenters. The summed E-state index contributed by atoms with van der Waals surface area (Å²) in [4.78, 5) is 4.84. The molecule has 0 fully saturated rings. The molecule has 2 nitrogen and oxygen atoms in total. The second kappa shape index (κ2) is 5.58. The van der Waals surface area contributed by atoms with E-state index in [1.165, 1.54) is 12.0 Å². The summed E-state index contributed by atoms with van der Waals surface area (Å²) in [6, 6.07) is 0. The van der Waals surface area contributed by atoms with Crippen molar-refractivity contribution in [1.29, 1.82) is 0 Å². The predicted octanol–water partition coefficient (Wildman–Crippen LogP) is 2.68. The molecule has 66 valence electrons. The van der Waals surface area contributed by atoms with E-state index >= 15 is 0 Å². The summed E-state index contributed by atoms with van der Waals surface area (Å²) < 4.78 is 0. The molecule has 2 heteroatoms. The van der Waals surface area contributed by atoms with Crippen LogP contribution in [0, 0.1) is 0 Å². The van der Waals surface area contributed by atoms with Gasteiger partial charge in [-0.05, 0) is 25.3 Å². The van der Waals surface area contributed by atoms with E-state index in [0.717, 1.165) is 12.8 Å². The summed E-state index contributed by atoms with van der Waals surface area (Å²) >= 11 is 0. The molecule has 0 saturated carbocycles. The van der Waals surface area contributed by atoms with E-state index < -0.39 is 0 Å². The average Bonchev–Trinajstić information content (AvgIpc) is 2.14.